The van der Waals surface area contributed by atoms with Gasteiger partial charge >= 0.3 is 0 Å². The topological polar surface area (TPSA) is 88.2 Å². The van der Waals surface area contributed by atoms with Crippen LogP contribution in [0.4, 0.5) is 10.1 Å². The van der Waals surface area contributed by atoms with Crippen molar-refractivity contribution < 1.29 is 28.2 Å². The van der Waals surface area contributed by atoms with Crippen LogP contribution in [-0.2, 0) is 9.53 Å². The standard InChI is InChI=1S/C28H36FN3O5/c1-6-9-26(33)30-20-12-13-24-22(14-20)27(34)31(4)16-25(36-5)18(2)15-32(19(3)17-37-24)28(35)21-10-7-8-11-23(21)29/h7-8,10-14,18-19,25H,6,9,15-17H2,1-5H3,(H,30,33)/t18-,19+,25-/m0/s1. The molecule has 8 nitrogen and oxygen atoms in total. The molecule has 3 atom stereocenters. The molecule has 1 aliphatic rings. The minimum atomic E-state index is -0.587. The largest absolute Gasteiger partial charge is 0.491 e. The third-order valence-corrected chi connectivity index (χ3v) is 6.57. The fourth-order valence-electron chi connectivity index (χ4n) is 4.38. The molecular formula is C28H36FN3O5. The van der Waals surface area contributed by atoms with Crippen LogP contribution in [0.3, 0.4) is 0 Å². The van der Waals surface area contributed by atoms with Gasteiger partial charge in [0, 0.05) is 45.3 Å². The number of fused-ring (bicyclic) bond motifs is 1. The van der Waals surface area contributed by atoms with Gasteiger partial charge in [-0.2, -0.15) is 0 Å². The number of halogens is 1. The molecule has 37 heavy (non-hydrogen) atoms. The summed E-state index contributed by atoms with van der Waals surface area (Å²) >= 11 is 0. The molecule has 0 fully saturated rings. The summed E-state index contributed by atoms with van der Waals surface area (Å²) in [5.41, 5.74) is 0.775. The lowest BCUT2D eigenvalue weighted by Gasteiger charge is -2.36. The molecule has 1 N–H and O–H groups in total. The number of rotatable bonds is 5. The van der Waals surface area contributed by atoms with Crippen LogP contribution >= 0.6 is 0 Å². The van der Waals surface area contributed by atoms with Gasteiger partial charge in [-0.1, -0.05) is 26.0 Å². The lowest BCUT2D eigenvalue weighted by Crippen LogP contribution is -2.48. The van der Waals surface area contributed by atoms with Crippen LogP contribution in [0.1, 0.15) is 54.3 Å². The van der Waals surface area contributed by atoms with Gasteiger partial charge in [-0.05, 0) is 43.7 Å². The number of ether oxygens (including phenoxy) is 2. The zero-order valence-corrected chi connectivity index (χ0v) is 22.1. The van der Waals surface area contributed by atoms with E-state index in [1.165, 1.54) is 12.1 Å². The molecule has 0 unspecified atom stereocenters. The maximum atomic E-state index is 14.5. The minimum absolute atomic E-state index is 0.0113. The van der Waals surface area contributed by atoms with Gasteiger partial charge in [0.05, 0.1) is 23.3 Å². The Morgan fingerprint density at radius 2 is 1.89 bits per heavy atom. The van der Waals surface area contributed by atoms with Crippen molar-refractivity contribution in [2.24, 2.45) is 5.92 Å². The number of amides is 3. The van der Waals surface area contributed by atoms with Crippen LogP contribution in [-0.4, -0.2) is 73.5 Å². The molecule has 9 heteroatoms. The van der Waals surface area contributed by atoms with Crippen LogP contribution in [0.15, 0.2) is 42.5 Å². The Morgan fingerprint density at radius 3 is 2.57 bits per heavy atom. The summed E-state index contributed by atoms with van der Waals surface area (Å²) in [4.78, 5) is 42.1. The second-order valence-corrected chi connectivity index (χ2v) is 9.54. The van der Waals surface area contributed by atoms with Crippen LogP contribution in [0.5, 0.6) is 5.75 Å². The van der Waals surface area contributed by atoms with Crippen LogP contribution < -0.4 is 10.1 Å². The molecule has 0 aromatic heterocycles. The Morgan fingerprint density at radius 1 is 1.16 bits per heavy atom. The molecule has 0 radical (unpaired) electrons. The van der Waals surface area contributed by atoms with E-state index >= 15 is 0 Å². The molecule has 2 aromatic carbocycles. The first-order valence-electron chi connectivity index (χ1n) is 12.6. The van der Waals surface area contributed by atoms with Crippen molar-refractivity contribution in [1.82, 2.24) is 9.80 Å². The second-order valence-electron chi connectivity index (χ2n) is 9.54. The molecular weight excluding hydrogens is 477 g/mol. The smallest absolute Gasteiger partial charge is 0.257 e. The van der Waals surface area contributed by atoms with Gasteiger partial charge < -0.3 is 24.6 Å². The quantitative estimate of drug-likeness (QED) is 0.647. The highest BCUT2D eigenvalue weighted by molar-refractivity contribution is 5.99. The summed E-state index contributed by atoms with van der Waals surface area (Å²) in [6.45, 7) is 6.30. The number of methoxy groups -OCH3 is 1. The van der Waals surface area contributed by atoms with Gasteiger partial charge in [0.25, 0.3) is 11.8 Å². The first-order chi connectivity index (χ1) is 17.7. The average Bonchev–Trinajstić information content (AvgIpc) is 2.88. The number of hydrogen-bond acceptors (Lipinski definition) is 5. The number of hydrogen-bond donors (Lipinski definition) is 1. The maximum absolute atomic E-state index is 14.5. The number of nitrogens with zero attached hydrogens (tertiary/aromatic N) is 2. The van der Waals surface area contributed by atoms with Gasteiger partial charge in [-0.15, -0.1) is 0 Å². The predicted molar refractivity (Wildman–Crippen MR) is 139 cm³/mol. The molecule has 0 saturated heterocycles. The predicted octanol–water partition coefficient (Wildman–Crippen LogP) is 4.21. The third kappa shape index (κ3) is 6.85. The number of benzene rings is 2. The normalized spacial score (nSPS) is 20.8. The molecule has 0 bridgehead atoms. The van der Waals surface area contributed by atoms with E-state index in [9.17, 15) is 18.8 Å². The number of carbonyl (C=O) groups is 3. The lowest BCUT2D eigenvalue weighted by atomic mass is 10.0. The van der Waals surface area contributed by atoms with Crippen LogP contribution in [0.2, 0.25) is 0 Å². The number of nitrogens with one attached hydrogen (secondary N) is 1. The SMILES string of the molecule is CCCC(=O)Nc1ccc2c(c1)C(=O)N(C)C[C@H](OC)[C@@H](C)CN(C(=O)c1ccccc1F)[C@H](C)CO2. The molecule has 200 valence electrons. The van der Waals surface area contributed by atoms with E-state index in [-0.39, 0.29) is 49.1 Å². The fraction of sp³-hybridized carbons (Fsp3) is 0.464. The summed E-state index contributed by atoms with van der Waals surface area (Å²) < 4.78 is 26.3. The van der Waals surface area contributed by atoms with Crippen molar-refractivity contribution in [3.63, 3.8) is 0 Å². The zero-order valence-electron chi connectivity index (χ0n) is 22.1. The number of anilines is 1. The van der Waals surface area contributed by atoms with E-state index in [0.29, 0.717) is 29.8 Å². The summed E-state index contributed by atoms with van der Waals surface area (Å²) in [7, 11) is 3.24. The van der Waals surface area contributed by atoms with E-state index in [4.69, 9.17) is 9.47 Å². The van der Waals surface area contributed by atoms with Crippen molar-refractivity contribution >= 4 is 23.4 Å². The summed E-state index contributed by atoms with van der Waals surface area (Å²) in [6, 6.07) is 10.4. The van der Waals surface area contributed by atoms with E-state index in [0.717, 1.165) is 0 Å². The summed E-state index contributed by atoms with van der Waals surface area (Å²) in [5.74, 6) is -1.28. The summed E-state index contributed by atoms with van der Waals surface area (Å²) in [5, 5.41) is 2.82. The van der Waals surface area contributed by atoms with Crippen LogP contribution in [0, 0.1) is 11.7 Å². The van der Waals surface area contributed by atoms with Crippen molar-refractivity contribution in [3.8, 4) is 5.75 Å². The van der Waals surface area contributed by atoms with E-state index in [1.807, 2.05) is 20.8 Å². The molecule has 3 rings (SSSR count). The van der Waals surface area contributed by atoms with Gasteiger partial charge in [0.1, 0.15) is 18.2 Å². The van der Waals surface area contributed by atoms with Gasteiger partial charge in [0.15, 0.2) is 0 Å². The lowest BCUT2D eigenvalue weighted by molar-refractivity contribution is -0.116. The number of likely N-dealkylation sites (N-methyl/N-ethyl adjacent to an activating group) is 1. The molecule has 0 aliphatic carbocycles. The molecule has 3 amide bonds. The van der Waals surface area contributed by atoms with Gasteiger partial charge in [-0.25, -0.2) is 4.39 Å². The highest BCUT2D eigenvalue weighted by atomic mass is 19.1. The molecule has 0 saturated carbocycles. The van der Waals surface area contributed by atoms with Crippen molar-refractivity contribution in [1.29, 1.82) is 0 Å². The Hall–Kier alpha value is -3.46. The second kappa shape index (κ2) is 12.7. The molecule has 1 heterocycles. The zero-order chi connectivity index (χ0) is 27.1. The van der Waals surface area contributed by atoms with Gasteiger partial charge in [-0.3, -0.25) is 14.4 Å². The average molecular weight is 514 g/mol. The van der Waals surface area contributed by atoms with Crippen molar-refractivity contribution in [2.45, 2.75) is 45.8 Å². The number of carbonyl (C=O) groups excluding carboxylic acids is 3. The third-order valence-electron chi connectivity index (χ3n) is 6.57. The maximum Gasteiger partial charge on any atom is 0.257 e. The Labute approximate surface area is 217 Å². The van der Waals surface area contributed by atoms with Crippen molar-refractivity contribution in [2.75, 3.05) is 39.2 Å². The van der Waals surface area contributed by atoms with Crippen LogP contribution in [0.25, 0.3) is 0 Å². The fourth-order valence-corrected chi connectivity index (χ4v) is 4.38. The highest BCUT2D eigenvalue weighted by Gasteiger charge is 2.31. The monoisotopic (exact) mass is 513 g/mol. The van der Waals surface area contributed by atoms with Gasteiger partial charge in [0.2, 0.25) is 5.91 Å². The molecule has 0 spiro atoms. The Balaban J connectivity index is 1.98. The first-order valence-corrected chi connectivity index (χ1v) is 12.6. The Bertz CT molecular complexity index is 1120. The molecule has 1 aliphatic heterocycles. The first kappa shape index (κ1) is 28.1. The minimum Gasteiger partial charge on any atom is -0.491 e. The van der Waals surface area contributed by atoms with Crippen molar-refractivity contribution in [3.05, 3.63) is 59.4 Å². The van der Waals surface area contributed by atoms with E-state index < -0.39 is 17.8 Å². The summed E-state index contributed by atoms with van der Waals surface area (Å²) in [6.07, 6.45) is 0.699. The van der Waals surface area contributed by atoms with E-state index in [2.05, 4.69) is 5.32 Å². The molecule has 2 aromatic rings. The Kier molecular flexibility index (Phi) is 9.63. The van der Waals surface area contributed by atoms with E-state index in [1.54, 1.807) is 54.3 Å². The highest BCUT2D eigenvalue weighted by Crippen LogP contribution is 2.27.